The van der Waals surface area contributed by atoms with E-state index in [4.69, 9.17) is 13.7 Å². The molecule has 2 aliphatic rings. The van der Waals surface area contributed by atoms with E-state index in [0.717, 1.165) is 18.4 Å². The quantitative estimate of drug-likeness (QED) is 0.740. The Morgan fingerprint density at radius 3 is 2.48 bits per heavy atom. The largest absolute Gasteiger partial charge is 0.424 e. The van der Waals surface area contributed by atoms with Crippen LogP contribution in [0.4, 0.5) is 0 Å². The van der Waals surface area contributed by atoms with Gasteiger partial charge in [-0.25, -0.2) is 0 Å². The van der Waals surface area contributed by atoms with Crippen molar-refractivity contribution in [1.29, 1.82) is 0 Å². The number of nitrogens with one attached hydrogen (secondary N) is 1. The third kappa shape index (κ3) is 3.12. The maximum atomic E-state index is 12.4. The molecular formula is C19H18N4O4. The molecule has 0 unspecified atom stereocenters. The molecule has 1 aliphatic carbocycles. The molecule has 1 amide bonds. The van der Waals surface area contributed by atoms with Crippen LogP contribution in [-0.2, 0) is 4.74 Å². The van der Waals surface area contributed by atoms with Crippen molar-refractivity contribution in [3.05, 3.63) is 53.9 Å². The lowest BCUT2D eigenvalue weighted by Crippen LogP contribution is -2.43. The SMILES string of the molecule is O=C(N[C@H]1C[C@H](c2nnc(C3COC3)o2)C1)c1cc(-c2ccccc2)no1. The van der Waals surface area contributed by atoms with Crippen LogP contribution >= 0.6 is 0 Å². The number of aromatic nitrogens is 3. The van der Waals surface area contributed by atoms with Gasteiger partial charge in [-0.15, -0.1) is 10.2 Å². The summed E-state index contributed by atoms with van der Waals surface area (Å²) in [6, 6.07) is 11.3. The van der Waals surface area contributed by atoms with Crippen molar-refractivity contribution in [2.45, 2.75) is 30.7 Å². The Morgan fingerprint density at radius 2 is 1.78 bits per heavy atom. The molecule has 2 aromatic heterocycles. The maximum absolute atomic E-state index is 12.4. The first kappa shape index (κ1) is 16.2. The predicted octanol–water partition coefficient (Wildman–Crippen LogP) is 2.51. The molecule has 5 rings (SSSR count). The zero-order valence-electron chi connectivity index (χ0n) is 14.5. The van der Waals surface area contributed by atoms with Crippen molar-refractivity contribution < 1.29 is 18.5 Å². The summed E-state index contributed by atoms with van der Waals surface area (Å²) in [5.41, 5.74) is 1.55. The molecular weight excluding hydrogens is 348 g/mol. The summed E-state index contributed by atoms with van der Waals surface area (Å²) in [7, 11) is 0. The van der Waals surface area contributed by atoms with Crippen molar-refractivity contribution >= 4 is 5.91 Å². The summed E-state index contributed by atoms with van der Waals surface area (Å²) in [6.07, 6.45) is 1.54. The molecule has 1 saturated heterocycles. The number of carbonyl (C=O) groups excluding carboxylic acids is 1. The molecule has 1 aromatic carbocycles. The van der Waals surface area contributed by atoms with Crippen LogP contribution in [0.3, 0.4) is 0 Å². The van der Waals surface area contributed by atoms with Gasteiger partial charge >= 0.3 is 0 Å². The van der Waals surface area contributed by atoms with E-state index in [9.17, 15) is 4.79 Å². The first-order chi connectivity index (χ1) is 13.3. The van der Waals surface area contributed by atoms with Crippen LogP contribution in [0.1, 0.15) is 47.0 Å². The van der Waals surface area contributed by atoms with E-state index >= 15 is 0 Å². The average molecular weight is 366 g/mol. The van der Waals surface area contributed by atoms with Gasteiger partial charge < -0.3 is 19.0 Å². The van der Waals surface area contributed by atoms with Crippen molar-refractivity contribution in [3.63, 3.8) is 0 Å². The van der Waals surface area contributed by atoms with Gasteiger partial charge in [-0.3, -0.25) is 4.79 Å². The van der Waals surface area contributed by atoms with Crippen LogP contribution in [-0.4, -0.2) is 40.5 Å². The van der Waals surface area contributed by atoms with Crippen molar-refractivity contribution in [2.75, 3.05) is 13.2 Å². The van der Waals surface area contributed by atoms with Crippen LogP contribution in [0.5, 0.6) is 0 Å². The number of ether oxygens (including phenoxy) is 1. The van der Waals surface area contributed by atoms with Crippen LogP contribution in [0, 0.1) is 0 Å². The second-order valence-corrected chi connectivity index (χ2v) is 6.99. The highest BCUT2D eigenvalue weighted by Crippen LogP contribution is 2.37. The smallest absolute Gasteiger partial charge is 0.290 e. The average Bonchev–Trinajstić information content (AvgIpc) is 3.27. The summed E-state index contributed by atoms with van der Waals surface area (Å²) in [4.78, 5) is 12.4. The Bertz CT molecular complexity index is 942. The van der Waals surface area contributed by atoms with Crippen molar-refractivity contribution in [3.8, 4) is 11.3 Å². The van der Waals surface area contributed by atoms with Gasteiger partial charge in [0.25, 0.3) is 5.91 Å². The lowest BCUT2D eigenvalue weighted by Gasteiger charge is -2.33. The molecule has 3 aromatic rings. The first-order valence-electron chi connectivity index (χ1n) is 9.00. The number of amides is 1. The van der Waals surface area contributed by atoms with Crippen molar-refractivity contribution in [1.82, 2.24) is 20.7 Å². The van der Waals surface area contributed by atoms with Gasteiger partial charge in [0.2, 0.25) is 17.5 Å². The van der Waals surface area contributed by atoms with E-state index < -0.39 is 0 Å². The molecule has 0 radical (unpaired) electrons. The molecule has 1 saturated carbocycles. The summed E-state index contributed by atoms with van der Waals surface area (Å²) in [6.45, 7) is 1.29. The Hall–Kier alpha value is -3.00. The van der Waals surface area contributed by atoms with E-state index in [0.29, 0.717) is 30.7 Å². The first-order valence-corrected chi connectivity index (χ1v) is 9.00. The van der Waals surface area contributed by atoms with E-state index in [2.05, 4.69) is 20.7 Å². The Morgan fingerprint density at radius 1 is 1.04 bits per heavy atom. The lowest BCUT2D eigenvalue weighted by molar-refractivity contribution is -0.00314. The third-order valence-electron chi connectivity index (χ3n) is 5.07. The van der Waals surface area contributed by atoms with Crippen molar-refractivity contribution in [2.24, 2.45) is 0 Å². The number of hydrogen-bond donors (Lipinski definition) is 1. The summed E-state index contributed by atoms with van der Waals surface area (Å²) >= 11 is 0. The van der Waals surface area contributed by atoms with Gasteiger partial charge in [-0.2, -0.15) is 0 Å². The molecule has 0 bridgehead atoms. The molecule has 27 heavy (non-hydrogen) atoms. The van der Waals surface area contributed by atoms with Gasteiger partial charge in [0.05, 0.1) is 19.1 Å². The second kappa shape index (κ2) is 6.62. The third-order valence-corrected chi connectivity index (χ3v) is 5.07. The number of benzene rings is 1. The van der Waals surface area contributed by atoms with E-state index in [1.54, 1.807) is 6.07 Å². The Labute approximate surface area is 154 Å². The Balaban J connectivity index is 1.16. The van der Waals surface area contributed by atoms with Gasteiger partial charge in [0.15, 0.2) is 0 Å². The standard InChI is InChI=1S/C19H18N4O4/c24-17(16-8-15(23-27-16)11-4-2-1-3-5-11)20-14-6-12(7-14)18-21-22-19(26-18)13-9-25-10-13/h1-5,8,12-14H,6-7,9-10H2,(H,20,24)/t12-,14-. The zero-order valence-corrected chi connectivity index (χ0v) is 14.5. The summed E-state index contributed by atoms with van der Waals surface area (Å²) < 4.78 is 16.1. The highest BCUT2D eigenvalue weighted by atomic mass is 16.5. The molecule has 0 spiro atoms. The van der Waals surface area contributed by atoms with E-state index in [1.807, 2.05) is 30.3 Å². The lowest BCUT2D eigenvalue weighted by atomic mass is 9.80. The van der Waals surface area contributed by atoms with Gasteiger partial charge in [-0.1, -0.05) is 35.5 Å². The molecule has 0 atom stereocenters. The fourth-order valence-corrected chi connectivity index (χ4v) is 3.28. The van der Waals surface area contributed by atoms with Crippen LogP contribution in [0.25, 0.3) is 11.3 Å². The second-order valence-electron chi connectivity index (χ2n) is 6.99. The number of rotatable bonds is 5. The van der Waals surface area contributed by atoms with Crippen LogP contribution in [0.15, 0.2) is 45.3 Å². The van der Waals surface area contributed by atoms with Gasteiger partial charge in [0.1, 0.15) is 5.69 Å². The molecule has 138 valence electrons. The van der Waals surface area contributed by atoms with Gasteiger partial charge in [-0.05, 0) is 12.8 Å². The number of carbonyl (C=O) groups is 1. The number of nitrogens with zero attached hydrogens (tertiary/aromatic N) is 3. The summed E-state index contributed by atoms with van der Waals surface area (Å²) in [5, 5.41) is 15.2. The zero-order chi connectivity index (χ0) is 18.2. The molecule has 3 heterocycles. The molecule has 2 fully saturated rings. The Kier molecular flexibility index (Phi) is 3.97. The topological polar surface area (TPSA) is 103 Å². The monoisotopic (exact) mass is 366 g/mol. The highest BCUT2D eigenvalue weighted by Gasteiger charge is 2.37. The molecule has 8 heteroatoms. The summed E-state index contributed by atoms with van der Waals surface area (Å²) in [5.74, 6) is 1.67. The minimum absolute atomic E-state index is 0.0650. The number of hydrogen-bond acceptors (Lipinski definition) is 7. The normalized spacial score (nSPS) is 22.1. The maximum Gasteiger partial charge on any atom is 0.290 e. The molecule has 1 aliphatic heterocycles. The minimum Gasteiger partial charge on any atom is -0.424 e. The van der Waals surface area contributed by atoms with Crippen LogP contribution in [0.2, 0.25) is 0 Å². The highest BCUT2D eigenvalue weighted by molar-refractivity contribution is 5.92. The van der Waals surface area contributed by atoms with E-state index in [-0.39, 0.29) is 29.5 Å². The predicted molar refractivity (Wildman–Crippen MR) is 93.0 cm³/mol. The fraction of sp³-hybridized carbons (Fsp3) is 0.368. The van der Waals surface area contributed by atoms with Crippen LogP contribution < -0.4 is 5.32 Å². The van der Waals surface area contributed by atoms with Gasteiger partial charge in [0, 0.05) is 23.6 Å². The molecule has 1 N–H and O–H groups in total. The molecule has 8 nitrogen and oxygen atoms in total. The minimum atomic E-state index is -0.258. The fourth-order valence-electron chi connectivity index (χ4n) is 3.28. The van der Waals surface area contributed by atoms with E-state index in [1.165, 1.54) is 0 Å².